The van der Waals surface area contributed by atoms with Gasteiger partial charge < -0.3 is 59.9 Å². The van der Waals surface area contributed by atoms with Crippen molar-refractivity contribution >= 4 is 47.0 Å². The molecule has 18 heteroatoms. The molecule has 63 heavy (non-hydrogen) atoms. The Morgan fingerprint density at radius 2 is 1.70 bits per heavy atom. The van der Waals surface area contributed by atoms with Crippen LogP contribution in [-0.2, 0) is 19.1 Å². The number of amides is 1. The van der Waals surface area contributed by atoms with Gasteiger partial charge >= 0.3 is 5.91 Å². The number of ketones is 2. The first-order valence-corrected chi connectivity index (χ1v) is 20.8. The molecule has 4 heterocycles. The van der Waals surface area contributed by atoms with E-state index in [4.69, 9.17) is 24.7 Å². The van der Waals surface area contributed by atoms with Crippen molar-refractivity contribution in [3.8, 4) is 11.5 Å². The molecule has 7 atom stereocenters. The minimum absolute atomic E-state index is 0.00517. The molecule has 18 nitrogen and oxygen atoms in total. The van der Waals surface area contributed by atoms with E-state index in [2.05, 4.69) is 15.0 Å². The third-order valence-electron chi connectivity index (χ3n) is 12.7. The number of carbonyl (C=O) groups excluding carboxylic acids is 4. The minimum atomic E-state index is -2.50. The van der Waals surface area contributed by atoms with Gasteiger partial charge in [-0.3, -0.25) is 19.4 Å². The van der Waals surface area contributed by atoms with Gasteiger partial charge in [-0.25, -0.2) is 0 Å². The fourth-order valence-electron chi connectivity index (χ4n) is 9.53. The van der Waals surface area contributed by atoms with E-state index < -0.39 is 84.9 Å². The zero-order valence-electron chi connectivity index (χ0n) is 33.8. The van der Waals surface area contributed by atoms with E-state index in [1.165, 1.54) is 24.5 Å². The molecule has 1 amide bonds. The summed E-state index contributed by atoms with van der Waals surface area (Å²) in [6.07, 6.45) is -2.66. The lowest BCUT2D eigenvalue weighted by Gasteiger charge is -2.53. The minimum Gasteiger partial charge on any atom is -0.492 e. The van der Waals surface area contributed by atoms with Crippen molar-refractivity contribution in [2.45, 2.75) is 92.8 Å². The highest BCUT2D eigenvalue weighted by Gasteiger charge is 2.62. The summed E-state index contributed by atoms with van der Waals surface area (Å²) < 4.78 is 26.4. The number of aliphatic imine (C=N–C) groups is 3. The quantitative estimate of drug-likeness (QED) is 0.130. The van der Waals surface area contributed by atoms with Gasteiger partial charge in [0.15, 0.2) is 40.2 Å². The van der Waals surface area contributed by atoms with Crippen LogP contribution in [0.15, 0.2) is 81.9 Å². The van der Waals surface area contributed by atoms with Crippen LogP contribution in [0.4, 0.5) is 5.69 Å². The summed E-state index contributed by atoms with van der Waals surface area (Å²) in [5, 5.41) is 57.1. The molecule has 4 aliphatic heterocycles. The normalized spacial score (nSPS) is 28.1. The first kappa shape index (κ1) is 42.2. The van der Waals surface area contributed by atoms with E-state index >= 15 is 0 Å². The Labute approximate surface area is 360 Å². The predicted octanol–water partition coefficient (Wildman–Crippen LogP) is 1.58. The monoisotopic (exact) mass is 863 g/mol. The Hall–Kier alpha value is -6.15. The van der Waals surface area contributed by atoms with Gasteiger partial charge in [0.05, 0.1) is 17.9 Å². The van der Waals surface area contributed by atoms with Gasteiger partial charge in [0.1, 0.15) is 43.5 Å². The number of ether oxygens (including phenoxy) is 4. The van der Waals surface area contributed by atoms with Gasteiger partial charge in [-0.1, -0.05) is 48.9 Å². The molecule has 0 unspecified atom stereocenters. The number of hydrogen-bond acceptors (Lipinski definition) is 17. The van der Waals surface area contributed by atoms with Crippen LogP contribution in [0, 0.1) is 0 Å². The topological polar surface area (TPSA) is 273 Å². The van der Waals surface area contributed by atoms with E-state index in [1.54, 1.807) is 47.4 Å². The van der Waals surface area contributed by atoms with Gasteiger partial charge in [-0.15, -0.1) is 0 Å². The molecule has 9 rings (SSSR count). The number of anilines is 1. The number of nitrogens with zero attached hydrogens (tertiary/aromatic N) is 4. The van der Waals surface area contributed by atoms with Crippen LogP contribution in [-0.4, -0.2) is 129 Å². The Balaban J connectivity index is 1.33. The summed E-state index contributed by atoms with van der Waals surface area (Å²) in [5.74, 6) is -3.63. The highest BCUT2D eigenvalue weighted by atomic mass is 16.7. The molecule has 6 aliphatic rings. The van der Waals surface area contributed by atoms with Crippen molar-refractivity contribution in [2.75, 3.05) is 24.8 Å². The second-order valence-electron chi connectivity index (χ2n) is 16.4. The zero-order chi connectivity index (χ0) is 44.2. The lowest BCUT2D eigenvalue weighted by atomic mass is 9.73. The van der Waals surface area contributed by atoms with E-state index in [0.29, 0.717) is 43.2 Å². The maximum absolute atomic E-state index is 14.7. The fraction of sp³-hybridized carbons (Fsp3) is 0.400. The van der Waals surface area contributed by atoms with Crippen molar-refractivity contribution in [1.29, 1.82) is 0 Å². The number of guanidine groups is 1. The summed E-state index contributed by atoms with van der Waals surface area (Å²) in [7, 11) is 0. The number of allylic oxidation sites excluding steroid dienone is 1. The van der Waals surface area contributed by atoms with Crippen LogP contribution in [0.3, 0.4) is 0 Å². The van der Waals surface area contributed by atoms with Crippen molar-refractivity contribution in [3.63, 3.8) is 0 Å². The summed E-state index contributed by atoms with van der Waals surface area (Å²) in [6.45, 7) is -1.31. The Morgan fingerprint density at radius 3 is 2.44 bits per heavy atom. The maximum atomic E-state index is 14.7. The number of aliphatic hydroxyl groups excluding tert-OH is 4. The first-order valence-electron chi connectivity index (χ1n) is 20.8. The van der Waals surface area contributed by atoms with Gasteiger partial charge in [0.2, 0.25) is 12.2 Å². The number of amidine groups is 1. The van der Waals surface area contributed by atoms with Crippen LogP contribution >= 0.6 is 0 Å². The number of benzene rings is 3. The molecule has 1 saturated heterocycles. The highest BCUT2D eigenvalue weighted by molar-refractivity contribution is 6.72. The molecule has 2 fully saturated rings. The van der Waals surface area contributed by atoms with Gasteiger partial charge in [0, 0.05) is 53.3 Å². The first-order chi connectivity index (χ1) is 30.4. The molecule has 2 bridgehead atoms. The number of para-hydroxylation sites is 1. The predicted molar refractivity (Wildman–Crippen MR) is 223 cm³/mol. The Kier molecular flexibility index (Phi) is 11.1. The average Bonchev–Trinajstić information content (AvgIpc) is 3.70. The van der Waals surface area contributed by atoms with Crippen molar-refractivity contribution in [3.05, 3.63) is 100 Å². The summed E-state index contributed by atoms with van der Waals surface area (Å²) in [6, 6.07) is 14.7. The fourth-order valence-corrected chi connectivity index (χ4v) is 9.53. The van der Waals surface area contributed by atoms with Gasteiger partial charge in [-0.2, -0.15) is 9.98 Å². The Bertz CT molecular complexity index is 2510. The maximum Gasteiger partial charge on any atom is 0.302 e. The zero-order valence-corrected chi connectivity index (χ0v) is 33.8. The summed E-state index contributed by atoms with van der Waals surface area (Å²) in [4.78, 5) is 67.8. The lowest BCUT2D eigenvalue weighted by molar-refractivity contribution is -0.345. The number of aliphatic hydroxyl groups is 5. The molecule has 328 valence electrons. The number of fused-ring (bicyclic) bond motifs is 7. The lowest BCUT2D eigenvalue weighted by Crippen LogP contribution is -2.72. The number of rotatable bonds is 9. The average molecular weight is 864 g/mol. The molecule has 3 aromatic carbocycles. The molecular formula is C45H45N5O13. The molecule has 1 saturated carbocycles. The molecular weight excluding hydrogens is 819 g/mol. The highest BCUT2D eigenvalue weighted by Crippen LogP contribution is 2.52. The van der Waals surface area contributed by atoms with Crippen LogP contribution in [0.5, 0.6) is 11.5 Å². The van der Waals surface area contributed by atoms with Crippen LogP contribution < -0.4 is 20.1 Å². The number of carbonyl (C=O) groups is 4. The van der Waals surface area contributed by atoms with Gasteiger partial charge in [-0.05, 0) is 49.5 Å². The Morgan fingerprint density at radius 1 is 0.968 bits per heavy atom. The van der Waals surface area contributed by atoms with E-state index in [9.17, 15) is 44.7 Å². The van der Waals surface area contributed by atoms with Crippen molar-refractivity contribution in [2.24, 2.45) is 20.7 Å². The molecule has 0 radical (unpaired) electrons. The second kappa shape index (κ2) is 16.5. The molecule has 1 spiro atoms. The summed E-state index contributed by atoms with van der Waals surface area (Å²) >= 11 is 0. The number of aldehydes is 1. The molecule has 3 aromatic rings. The third kappa shape index (κ3) is 7.02. The number of nitrogens with two attached hydrogens (primary N) is 1. The standard InChI is InChI=1S/C45H45N5O13/c46-43-48-40-32(41(58)49-43)47-22-50(40)30-11-5-4-8-25(30)24-13-19-61-44(14-6-1-7-15-44)39-35(56)38(57)45(59,16-18-52)42(63-39)62-36-28(24)20-29-31(37(36)60-21-23(53)12-17-51)34(55)27-10-3-2-9-26(27)33(29)54/h2-5,8-11,13,17,19-20,23-24,35,38-39,42,52-53,56-57,59H,1,6-7,12,14-16,18,21-22H2,(H2,46,49,58)/b19-13-/t23-,24+,35-,38-,39-,42+,45+/m1/s1. The van der Waals surface area contributed by atoms with E-state index in [0.717, 1.165) is 6.42 Å². The van der Waals surface area contributed by atoms with Crippen LogP contribution in [0.2, 0.25) is 0 Å². The van der Waals surface area contributed by atoms with Crippen molar-refractivity contribution in [1.82, 2.24) is 0 Å². The number of hydrogen-bond donors (Lipinski definition) is 6. The summed E-state index contributed by atoms with van der Waals surface area (Å²) in [5.41, 5.74) is 3.09. The van der Waals surface area contributed by atoms with Crippen molar-refractivity contribution < 1.29 is 63.7 Å². The largest absolute Gasteiger partial charge is 0.492 e. The SMILES string of the molecule is NC1=NC(=O)C2=NCN(c3ccccc3[C@@H]3/C=C\OC4(CCCCC4)[C@@H]4O[C@H](Oc5c3cc3c(c5OC[C@H](O)CC=O)C(=O)c5ccccc5C3=O)[C@](O)(CCO)[C@H](O)[C@H]4O)C2=N1. The molecule has 2 aliphatic carbocycles. The molecule has 7 N–H and O–H groups in total. The van der Waals surface area contributed by atoms with Crippen LogP contribution in [0.25, 0.3) is 0 Å². The smallest absolute Gasteiger partial charge is 0.302 e. The molecule has 0 aromatic heterocycles. The third-order valence-corrected chi connectivity index (χ3v) is 12.7. The van der Waals surface area contributed by atoms with E-state index in [1.807, 2.05) is 0 Å². The second-order valence-corrected chi connectivity index (χ2v) is 16.4. The van der Waals surface area contributed by atoms with Crippen LogP contribution in [0.1, 0.15) is 93.8 Å². The van der Waals surface area contributed by atoms with E-state index in [-0.39, 0.29) is 69.9 Å². The van der Waals surface area contributed by atoms with Gasteiger partial charge in [0.25, 0.3) is 0 Å².